The maximum atomic E-state index is 5.84. The van der Waals surface area contributed by atoms with E-state index in [2.05, 4.69) is 24.1 Å². The lowest BCUT2D eigenvalue weighted by molar-refractivity contribution is 0.762. The van der Waals surface area contributed by atoms with Gasteiger partial charge in [0.05, 0.1) is 10.6 Å². The lowest BCUT2D eigenvalue weighted by Crippen LogP contribution is -2.13. The van der Waals surface area contributed by atoms with Gasteiger partial charge in [0.25, 0.3) is 0 Å². The number of allylic oxidation sites excluding steroid dienone is 1. The summed E-state index contributed by atoms with van der Waals surface area (Å²) < 4.78 is 0. The van der Waals surface area contributed by atoms with Crippen LogP contribution < -0.4 is 16.8 Å². The van der Waals surface area contributed by atoms with Crippen molar-refractivity contribution >= 4 is 33.1 Å². The van der Waals surface area contributed by atoms with Crippen molar-refractivity contribution in [2.24, 2.45) is 11.5 Å². The van der Waals surface area contributed by atoms with Gasteiger partial charge in [-0.15, -0.1) is 23.1 Å². The third-order valence-corrected chi connectivity index (χ3v) is 4.06. The minimum Gasteiger partial charge on any atom is -0.401 e. The molecule has 1 heterocycles. The van der Waals surface area contributed by atoms with Crippen LogP contribution in [0.15, 0.2) is 11.1 Å². The molecule has 4 nitrogen and oxygen atoms in total. The Balaban J connectivity index is 2.82. The summed E-state index contributed by atoms with van der Waals surface area (Å²) in [5, 5.41) is 6.30. The summed E-state index contributed by atoms with van der Waals surface area (Å²) in [6.07, 6.45) is 1.07. The van der Waals surface area contributed by atoms with Crippen LogP contribution in [0.25, 0.3) is 4.91 Å². The lowest BCUT2D eigenvalue weighted by Gasteiger charge is -2.09. The molecule has 1 unspecified atom stereocenters. The van der Waals surface area contributed by atoms with Crippen LogP contribution in [0.2, 0.25) is 0 Å². The molecule has 5 N–H and O–H groups in total. The number of aromatic nitrogens is 1. The molecule has 1 rings (SSSR count). The first kappa shape index (κ1) is 14.3. The molecule has 1 aromatic rings. The molecule has 0 spiro atoms. The van der Waals surface area contributed by atoms with Crippen molar-refractivity contribution in [2.75, 3.05) is 11.2 Å². The Labute approximate surface area is 111 Å². The van der Waals surface area contributed by atoms with Gasteiger partial charge in [-0.05, 0) is 20.3 Å². The monoisotopic (exact) mass is 272 g/mol. The minimum atomic E-state index is 0.433. The van der Waals surface area contributed by atoms with Crippen molar-refractivity contribution in [2.45, 2.75) is 33.2 Å². The second kappa shape index (κ2) is 6.88. The van der Waals surface area contributed by atoms with E-state index in [0.29, 0.717) is 11.9 Å². The van der Waals surface area contributed by atoms with Gasteiger partial charge in [-0.2, -0.15) is 0 Å². The van der Waals surface area contributed by atoms with Crippen LogP contribution in [0, 0.1) is 0 Å². The number of thioether (sulfide) groups is 1. The summed E-state index contributed by atoms with van der Waals surface area (Å²) >= 11 is 3.12. The number of thiazole rings is 1. The number of nitrogens with two attached hydrogens (primary N) is 2. The van der Waals surface area contributed by atoms with Gasteiger partial charge in [-0.3, -0.25) is 0 Å². The molecule has 96 valence electrons. The fourth-order valence-corrected chi connectivity index (χ4v) is 2.77. The average molecular weight is 272 g/mol. The van der Waals surface area contributed by atoms with E-state index in [-0.39, 0.29) is 0 Å². The predicted octanol–water partition coefficient (Wildman–Crippen LogP) is 2.65. The molecule has 17 heavy (non-hydrogen) atoms. The van der Waals surface area contributed by atoms with Crippen molar-refractivity contribution in [3.05, 3.63) is 16.8 Å². The number of nitrogens with one attached hydrogen (secondary N) is 1. The Morgan fingerprint density at radius 3 is 2.88 bits per heavy atom. The quantitative estimate of drug-likeness (QED) is 0.694. The van der Waals surface area contributed by atoms with Gasteiger partial charge in [0, 0.05) is 23.0 Å². The number of nitrogens with zero attached hydrogens (tertiary/aromatic N) is 1. The van der Waals surface area contributed by atoms with Gasteiger partial charge in [0.2, 0.25) is 0 Å². The molecule has 6 heteroatoms. The van der Waals surface area contributed by atoms with Crippen LogP contribution in [-0.4, -0.2) is 16.9 Å². The molecule has 1 atom stereocenters. The molecule has 0 radical (unpaired) electrons. The zero-order valence-corrected chi connectivity index (χ0v) is 12.1. The molecule has 0 fully saturated rings. The number of anilines is 1. The zero-order valence-electron chi connectivity index (χ0n) is 10.5. The smallest absolute Gasteiger partial charge is 0.183 e. The lowest BCUT2D eigenvalue weighted by atomic mass is 10.3. The molecule has 0 bridgehead atoms. The Bertz CT molecular complexity index is 383. The Kier molecular flexibility index (Phi) is 5.80. The first-order valence-corrected chi connectivity index (χ1v) is 7.46. The number of hydrogen-bond acceptors (Lipinski definition) is 6. The highest BCUT2D eigenvalue weighted by Crippen LogP contribution is 2.30. The van der Waals surface area contributed by atoms with E-state index < -0.39 is 0 Å². The van der Waals surface area contributed by atoms with E-state index in [1.165, 1.54) is 11.8 Å². The molecule has 0 aliphatic heterocycles. The second-order valence-electron chi connectivity index (χ2n) is 3.81. The third-order valence-electron chi connectivity index (χ3n) is 2.30. The number of hydrogen-bond donors (Lipinski definition) is 3. The Morgan fingerprint density at radius 1 is 1.65 bits per heavy atom. The fourth-order valence-electron chi connectivity index (χ4n) is 1.23. The van der Waals surface area contributed by atoms with Crippen molar-refractivity contribution in [3.8, 4) is 0 Å². The molecule has 0 saturated heterocycles. The van der Waals surface area contributed by atoms with Crippen LogP contribution in [0.3, 0.4) is 0 Å². The Morgan fingerprint density at radius 2 is 2.35 bits per heavy atom. The van der Waals surface area contributed by atoms with E-state index in [9.17, 15) is 0 Å². The van der Waals surface area contributed by atoms with Crippen LogP contribution in [-0.2, 0) is 0 Å². The number of rotatable bonds is 6. The topological polar surface area (TPSA) is 77.0 Å². The average Bonchev–Trinajstić information content (AvgIpc) is 2.73. The maximum absolute atomic E-state index is 5.84. The highest BCUT2D eigenvalue weighted by atomic mass is 32.2. The van der Waals surface area contributed by atoms with Crippen LogP contribution >= 0.6 is 23.1 Å². The summed E-state index contributed by atoms with van der Waals surface area (Å²) in [4.78, 5) is 5.50. The normalized spacial score (nSPS) is 14.4. The summed E-state index contributed by atoms with van der Waals surface area (Å²) in [5.41, 5.74) is 13.1. The van der Waals surface area contributed by atoms with Crippen molar-refractivity contribution in [1.29, 1.82) is 0 Å². The largest absolute Gasteiger partial charge is 0.401 e. The van der Waals surface area contributed by atoms with Gasteiger partial charge in [-0.1, -0.05) is 6.92 Å². The van der Waals surface area contributed by atoms with Gasteiger partial charge in [0.15, 0.2) is 5.13 Å². The van der Waals surface area contributed by atoms with E-state index in [1.807, 2.05) is 12.3 Å². The van der Waals surface area contributed by atoms with Crippen LogP contribution in [0.4, 0.5) is 5.13 Å². The highest BCUT2D eigenvalue weighted by Gasteiger charge is 2.10. The van der Waals surface area contributed by atoms with E-state index in [1.54, 1.807) is 11.3 Å². The standard InChI is InChI=1S/C11H20N4S2/c1-4-7(2)14-11-15-9(5-16-11)10(8(3)13)17-6-12/h5,7H,4,6,12-13H2,1-3H3,(H,14,15)/b10-8-. The SMILES string of the molecule is CCC(C)Nc1nc(/C(SCN)=C(\C)N)cs1. The molecule has 0 saturated carbocycles. The van der Waals surface area contributed by atoms with Gasteiger partial charge < -0.3 is 16.8 Å². The first-order valence-electron chi connectivity index (χ1n) is 5.60. The Hall–Kier alpha value is -0.720. The molecule has 0 aliphatic rings. The van der Waals surface area contributed by atoms with Crippen LogP contribution in [0.5, 0.6) is 0 Å². The van der Waals surface area contributed by atoms with E-state index >= 15 is 0 Å². The van der Waals surface area contributed by atoms with Gasteiger partial charge in [-0.25, -0.2) is 4.98 Å². The molecular weight excluding hydrogens is 252 g/mol. The molecule has 1 aromatic heterocycles. The van der Waals surface area contributed by atoms with Crippen molar-refractivity contribution < 1.29 is 0 Å². The minimum absolute atomic E-state index is 0.433. The molecule has 0 amide bonds. The fraction of sp³-hybridized carbons (Fsp3) is 0.545. The summed E-state index contributed by atoms with van der Waals surface area (Å²) in [7, 11) is 0. The predicted molar refractivity (Wildman–Crippen MR) is 78.9 cm³/mol. The molecule has 0 aliphatic carbocycles. The van der Waals surface area contributed by atoms with Gasteiger partial charge >= 0.3 is 0 Å². The van der Waals surface area contributed by atoms with Crippen molar-refractivity contribution in [1.82, 2.24) is 4.98 Å². The second-order valence-corrected chi connectivity index (χ2v) is 5.70. The van der Waals surface area contributed by atoms with Crippen molar-refractivity contribution in [3.63, 3.8) is 0 Å². The summed E-state index contributed by atoms with van der Waals surface area (Å²) in [6, 6.07) is 0.433. The third kappa shape index (κ3) is 4.22. The van der Waals surface area contributed by atoms with E-state index in [4.69, 9.17) is 11.5 Å². The van der Waals surface area contributed by atoms with Crippen LogP contribution in [0.1, 0.15) is 32.9 Å². The highest BCUT2D eigenvalue weighted by molar-refractivity contribution is 8.08. The molecule has 0 aromatic carbocycles. The summed E-state index contributed by atoms with van der Waals surface area (Å²) in [5.74, 6) is 0.509. The van der Waals surface area contributed by atoms with E-state index in [0.717, 1.165) is 27.8 Å². The summed E-state index contributed by atoms with van der Waals surface area (Å²) in [6.45, 7) is 6.16. The maximum Gasteiger partial charge on any atom is 0.183 e. The molecular formula is C11H20N4S2. The first-order chi connectivity index (χ1) is 8.08. The van der Waals surface area contributed by atoms with Gasteiger partial charge in [0.1, 0.15) is 0 Å². The zero-order chi connectivity index (χ0) is 12.8.